The first-order chi connectivity index (χ1) is 14.3. The second-order valence-electron chi connectivity index (χ2n) is 6.73. The fourth-order valence-electron chi connectivity index (χ4n) is 3.35. The highest BCUT2D eigenvalue weighted by atomic mass is 16.6. The van der Waals surface area contributed by atoms with E-state index in [0.717, 1.165) is 4.90 Å². The average molecular weight is 409 g/mol. The van der Waals surface area contributed by atoms with Crippen LogP contribution in [0.2, 0.25) is 0 Å². The third-order valence-corrected chi connectivity index (χ3v) is 4.68. The van der Waals surface area contributed by atoms with E-state index in [1.807, 2.05) is 0 Å². The molecule has 0 fully saturated rings. The molecule has 3 aromatic rings. The van der Waals surface area contributed by atoms with E-state index in [2.05, 4.69) is 5.16 Å². The molecule has 0 bridgehead atoms. The van der Waals surface area contributed by atoms with Crippen LogP contribution in [0.5, 0.6) is 0 Å². The van der Waals surface area contributed by atoms with Crippen molar-refractivity contribution in [3.8, 4) is 0 Å². The van der Waals surface area contributed by atoms with Crippen LogP contribution in [0.3, 0.4) is 0 Å². The number of carbonyl (C=O) groups excluding carboxylic acids is 2. The standard InChI is InChI=1S/C20H15N3O7/c1-10-6-7-14(29-10)18(24)16-17(12-4-3-5-13(9-12)23(27)28)22(20(26)19(16)25)15-8-11(2)30-21-15/h3-9,17,25H,1-2H3/t17-/m0/s1. The quantitative estimate of drug-likeness (QED) is 0.383. The molecule has 1 atom stereocenters. The third kappa shape index (κ3) is 3.04. The van der Waals surface area contributed by atoms with Gasteiger partial charge in [-0.15, -0.1) is 0 Å². The van der Waals surface area contributed by atoms with Crippen LogP contribution in [0.4, 0.5) is 11.5 Å². The van der Waals surface area contributed by atoms with Gasteiger partial charge in [0.2, 0.25) is 5.78 Å². The van der Waals surface area contributed by atoms with Crippen molar-refractivity contribution in [2.24, 2.45) is 0 Å². The maximum Gasteiger partial charge on any atom is 0.295 e. The number of furan rings is 1. The number of nitro benzene ring substituents is 1. The van der Waals surface area contributed by atoms with Crippen LogP contribution in [-0.4, -0.2) is 26.9 Å². The van der Waals surface area contributed by atoms with E-state index >= 15 is 0 Å². The normalized spacial score (nSPS) is 16.4. The van der Waals surface area contributed by atoms with Crippen molar-refractivity contribution < 1.29 is 28.6 Å². The van der Waals surface area contributed by atoms with Gasteiger partial charge in [0.1, 0.15) is 11.5 Å². The van der Waals surface area contributed by atoms with E-state index in [9.17, 15) is 24.8 Å². The van der Waals surface area contributed by atoms with Crippen LogP contribution >= 0.6 is 0 Å². The first kappa shape index (κ1) is 19.1. The summed E-state index contributed by atoms with van der Waals surface area (Å²) in [7, 11) is 0. The number of carbonyl (C=O) groups is 2. The number of non-ortho nitro benzene ring substituents is 1. The van der Waals surface area contributed by atoms with Gasteiger partial charge < -0.3 is 14.0 Å². The molecule has 0 saturated heterocycles. The first-order valence-corrected chi connectivity index (χ1v) is 8.83. The number of aliphatic hydroxyl groups excluding tert-OH is 1. The van der Waals surface area contributed by atoms with Crippen LogP contribution in [0, 0.1) is 24.0 Å². The van der Waals surface area contributed by atoms with Crippen LogP contribution in [0.1, 0.15) is 33.7 Å². The Morgan fingerprint density at radius 3 is 2.57 bits per heavy atom. The molecule has 30 heavy (non-hydrogen) atoms. The molecule has 0 saturated carbocycles. The monoisotopic (exact) mass is 409 g/mol. The molecule has 10 nitrogen and oxygen atoms in total. The van der Waals surface area contributed by atoms with Crippen molar-refractivity contribution in [1.82, 2.24) is 5.16 Å². The first-order valence-electron chi connectivity index (χ1n) is 8.83. The second kappa shape index (κ2) is 6.99. The molecule has 1 N–H and O–H groups in total. The summed E-state index contributed by atoms with van der Waals surface area (Å²) in [5.74, 6) is -1.53. The zero-order valence-electron chi connectivity index (χ0n) is 15.9. The van der Waals surface area contributed by atoms with Crippen molar-refractivity contribution in [2.75, 3.05) is 4.90 Å². The summed E-state index contributed by atoms with van der Waals surface area (Å²) >= 11 is 0. The Labute approximate surface area is 169 Å². The number of anilines is 1. The lowest BCUT2D eigenvalue weighted by atomic mass is 9.94. The molecular formula is C20H15N3O7. The van der Waals surface area contributed by atoms with Crippen LogP contribution in [0.25, 0.3) is 0 Å². The number of amides is 1. The Hall–Kier alpha value is -4.21. The molecule has 152 valence electrons. The lowest BCUT2D eigenvalue weighted by Gasteiger charge is -2.24. The molecule has 1 aromatic carbocycles. The number of nitrogens with zero attached hydrogens (tertiary/aromatic N) is 3. The fourth-order valence-corrected chi connectivity index (χ4v) is 3.35. The highest BCUT2D eigenvalue weighted by Crippen LogP contribution is 2.42. The molecule has 0 spiro atoms. The topological polar surface area (TPSA) is 140 Å². The summed E-state index contributed by atoms with van der Waals surface area (Å²) in [5, 5.41) is 25.6. The predicted octanol–water partition coefficient (Wildman–Crippen LogP) is 3.58. The van der Waals surface area contributed by atoms with E-state index in [4.69, 9.17) is 8.94 Å². The minimum Gasteiger partial charge on any atom is -0.503 e. The van der Waals surface area contributed by atoms with Crippen LogP contribution < -0.4 is 4.90 Å². The molecule has 3 heterocycles. The number of aliphatic hydroxyl groups is 1. The van der Waals surface area contributed by atoms with Crippen LogP contribution in [0.15, 0.2) is 62.7 Å². The van der Waals surface area contributed by atoms with Gasteiger partial charge in [-0.1, -0.05) is 17.3 Å². The van der Waals surface area contributed by atoms with Crippen molar-refractivity contribution >= 4 is 23.2 Å². The molecule has 1 amide bonds. The highest BCUT2D eigenvalue weighted by Gasteiger charge is 2.46. The number of ketones is 1. The smallest absolute Gasteiger partial charge is 0.295 e. The van der Waals surface area contributed by atoms with Gasteiger partial charge in [0, 0.05) is 18.2 Å². The summed E-state index contributed by atoms with van der Waals surface area (Å²) < 4.78 is 10.4. The van der Waals surface area contributed by atoms with Crippen molar-refractivity contribution in [2.45, 2.75) is 19.9 Å². The number of benzene rings is 1. The highest BCUT2D eigenvalue weighted by molar-refractivity contribution is 6.20. The van der Waals surface area contributed by atoms with E-state index in [0.29, 0.717) is 11.5 Å². The number of aromatic nitrogens is 1. The van der Waals surface area contributed by atoms with E-state index in [-0.39, 0.29) is 28.4 Å². The summed E-state index contributed by atoms with van der Waals surface area (Å²) in [6.45, 7) is 3.26. The van der Waals surface area contributed by atoms with E-state index in [1.165, 1.54) is 36.4 Å². The molecule has 1 aliphatic heterocycles. The zero-order chi connectivity index (χ0) is 21.6. The van der Waals surface area contributed by atoms with Crippen molar-refractivity contribution in [1.29, 1.82) is 0 Å². The van der Waals surface area contributed by atoms with Gasteiger partial charge in [-0.2, -0.15) is 0 Å². The lowest BCUT2D eigenvalue weighted by molar-refractivity contribution is -0.384. The Morgan fingerprint density at radius 1 is 1.20 bits per heavy atom. The Morgan fingerprint density at radius 2 is 1.97 bits per heavy atom. The molecule has 10 heteroatoms. The van der Waals surface area contributed by atoms with Gasteiger partial charge in [-0.25, -0.2) is 0 Å². The van der Waals surface area contributed by atoms with Gasteiger partial charge in [0.25, 0.3) is 11.6 Å². The fraction of sp³-hybridized carbons (Fsp3) is 0.150. The minimum absolute atomic E-state index is 0.0546. The maximum atomic E-state index is 13.1. The van der Waals surface area contributed by atoms with Gasteiger partial charge in [0.05, 0.1) is 16.5 Å². The second-order valence-corrected chi connectivity index (χ2v) is 6.73. The number of nitro groups is 1. The third-order valence-electron chi connectivity index (χ3n) is 4.68. The Kier molecular flexibility index (Phi) is 4.46. The van der Waals surface area contributed by atoms with Gasteiger partial charge >= 0.3 is 0 Å². The summed E-state index contributed by atoms with van der Waals surface area (Å²) in [5.41, 5.74) is -0.257. The lowest BCUT2D eigenvalue weighted by Crippen LogP contribution is -2.31. The SMILES string of the molecule is Cc1cc(N2C(=O)C(O)=C(C(=O)c3ccc(C)o3)[C@@H]2c2cccc([N+](=O)[O-])c2)no1. The Balaban J connectivity index is 1.90. The molecule has 0 radical (unpaired) electrons. The molecular weight excluding hydrogens is 394 g/mol. The van der Waals surface area contributed by atoms with Gasteiger partial charge in [0.15, 0.2) is 17.3 Å². The summed E-state index contributed by atoms with van der Waals surface area (Å²) in [6, 6.07) is 8.75. The molecule has 2 aromatic heterocycles. The van der Waals surface area contributed by atoms with Gasteiger partial charge in [-0.05, 0) is 31.5 Å². The van der Waals surface area contributed by atoms with Gasteiger partial charge in [-0.3, -0.25) is 24.6 Å². The molecule has 0 aliphatic carbocycles. The summed E-state index contributed by atoms with van der Waals surface area (Å²) in [4.78, 5) is 37.7. The predicted molar refractivity (Wildman–Crippen MR) is 102 cm³/mol. The number of aryl methyl sites for hydroxylation is 2. The molecule has 4 rings (SSSR count). The van der Waals surface area contributed by atoms with Crippen molar-refractivity contribution in [3.63, 3.8) is 0 Å². The Bertz CT molecular complexity index is 1220. The largest absolute Gasteiger partial charge is 0.503 e. The number of hydrogen-bond acceptors (Lipinski definition) is 8. The molecule has 0 unspecified atom stereocenters. The zero-order valence-corrected chi connectivity index (χ0v) is 15.9. The van der Waals surface area contributed by atoms with Crippen LogP contribution in [-0.2, 0) is 4.79 Å². The molecule has 1 aliphatic rings. The number of hydrogen-bond donors (Lipinski definition) is 1. The maximum absolute atomic E-state index is 13.1. The summed E-state index contributed by atoms with van der Waals surface area (Å²) in [6.07, 6.45) is 0. The minimum atomic E-state index is -1.17. The number of Topliss-reactive ketones (excluding diaryl/α,β-unsaturated/α-hetero) is 1. The number of rotatable bonds is 5. The van der Waals surface area contributed by atoms with E-state index in [1.54, 1.807) is 19.9 Å². The average Bonchev–Trinajstić information content (AvgIpc) is 3.40. The van der Waals surface area contributed by atoms with Crippen molar-refractivity contribution in [3.05, 3.63) is 86.8 Å². The van der Waals surface area contributed by atoms with E-state index < -0.39 is 28.4 Å².